The molecular formula is C18H21ClN2OS. The van der Waals surface area contributed by atoms with E-state index in [1.54, 1.807) is 11.3 Å². The molecule has 1 fully saturated rings. The number of nitrogens with one attached hydrogen (secondary N) is 1. The molecule has 1 N–H and O–H groups in total. The first-order chi connectivity index (χ1) is 11.1. The van der Waals surface area contributed by atoms with Crippen molar-refractivity contribution >= 4 is 22.9 Å². The van der Waals surface area contributed by atoms with Gasteiger partial charge in [0.15, 0.2) is 0 Å². The second-order valence-electron chi connectivity index (χ2n) is 6.76. The number of fused-ring (bicyclic) bond motifs is 2. The number of hydrogen-bond donors (Lipinski definition) is 1. The van der Waals surface area contributed by atoms with Crippen LogP contribution in [0.3, 0.4) is 0 Å². The van der Waals surface area contributed by atoms with E-state index in [0.29, 0.717) is 6.04 Å². The monoisotopic (exact) mass is 348 g/mol. The predicted molar refractivity (Wildman–Crippen MR) is 94.2 cm³/mol. The summed E-state index contributed by atoms with van der Waals surface area (Å²) >= 11 is 7.99. The van der Waals surface area contributed by atoms with Crippen molar-refractivity contribution in [2.24, 2.45) is 0 Å². The van der Waals surface area contributed by atoms with Gasteiger partial charge < -0.3 is 10.1 Å². The number of pyridine rings is 1. The fraction of sp³-hybridized carbons (Fsp3) is 0.500. The summed E-state index contributed by atoms with van der Waals surface area (Å²) in [6, 6.07) is 7.04. The zero-order valence-corrected chi connectivity index (χ0v) is 15.0. The van der Waals surface area contributed by atoms with Gasteiger partial charge in [-0.3, -0.25) is 4.98 Å². The van der Waals surface area contributed by atoms with Gasteiger partial charge in [0.2, 0.25) is 0 Å². The smallest absolute Gasteiger partial charge is 0.106 e. The first kappa shape index (κ1) is 15.6. The van der Waals surface area contributed by atoms with Crippen LogP contribution in [0, 0.1) is 6.92 Å². The van der Waals surface area contributed by atoms with Crippen molar-refractivity contribution in [3.8, 4) is 0 Å². The maximum absolute atomic E-state index is 6.38. The minimum absolute atomic E-state index is 0.203. The third kappa shape index (κ3) is 2.82. The Morgan fingerprint density at radius 1 is 1.39 bits per heavy atom. The van der Waals surface area contributed by atoms with Crippen LogP contribution in [0.15, 0.2) is 24.4 Å². The molecule has 2 aliphatic rings. The van der Waals surface area contributed by atoms with Gasteiger partial charge in [-0.05, 0) is 49.9 Å². The van der Waals surface area contributed by atoms with Crippen molar-refractivity contribution < 1.29 is 4.74 Å². The van der Waals surface area contributed by atoms with Crippen molar-refractivity contribution in [3.05, 3.63) is 50.4 Å². The summed E-state index contributed by atoms with van der Waals surface area (Å²) in [7, 11) is 0. The fourth-order valence-corrected chi connectivity index (χ4v) is 5.42. The number of halogens is 1. The number of rotatable bonds is 1. The molecule has 2 aromatic rings. The zero-order chi connectivity index (χ0) is 16.0. The van der Waals surface area contributed by atoms with Crippen LogP contribution in [0.1, 0.15) is 47.5 Å². The van der Waals surface area contributed by atoms with Crippen molar-refractivity contribution in [1.29, 1.82) is 0 Å². The molecule has 0 aromatic carbocycles. The van der Waals surface area contributed by atoms with Crippen LogP contribution in [0.4, 0.5) is 0 Å². The van der Waals surface area contributed by atoms with Crippen LogP contribution in [0.2, 0.25) is 4.34 Å². The van der Waals surface area contributed by atoms with Gasteiger partial charge in [0, 0.05) is 35.3 Å². The molecule has 2 aromatic heterocycles. The molecule has 1 spiro atoms. The van der Waals surface area contributed by atoms with E-state index in [4.69, 9.17) is 16.3 Å². The Labute approximate surface area is 146 Å². The van der Waals surface area contributed by atoms with Crippen LogP contribution >= 0.6 is 22.9 Å². The van der Waals surface area contributed by atoms with Gasteiger partial charge in [0.1, 0.15) is 5.60 Å². The Balaban J connectivity index is 1.71. The summed E-state index contributed by atoms with van der Waals surface area (Å²) in [4.78, 5) is 5.80. The summed E-state index contributed by atoms with van der Waals surface area (Å²) in [5.74, 6) is 0. The highest BCUT2D eigenvalue weighted by atomic mass is 35.5. The fourth-order valence-electron chi connectivity index (χ4n) is 3.96. The predicted octanol–water partition coefficient (Wildman–Crippen LogP) is 4.39. The normalized spacial score (nSPS) is 30.4. The average Bonchev–Trinajstić information content (AvgIpc) is 2.90. The molecule has 1 saturated heterocycles. The van der Waals surface area contributed by atoms with Crippen LogP contribution in [0.25, 0.3) is 0 Å². The largest absolute Gasteiger partial charge is 0.369 e. The second kappa shape index (κ2) is 5.85. The Morgan fingerprint density at radius 3 is 3.04 bits per heavy atom. The van der Waals surface area contributed by atoms with E-state index in [1.165, 1.54) is 16.0 Å². The zero-order valence-electron chi connectivity index (χ0n) is 13.4. The van der Waals surface area contributed by atoms with Gasteiger partial charge in [-0.2, -0.15) is 0 Å². The lowest BCUT2D eigenvalue weighted by Crippen LogP contribution is -2.49. The van der Waals surface area contributed by atoms with E-state index in [0.717, 1.165) is 35.9 Å². The van der Waals surface area contributed by atoms with Crippen LogP contribution in [-0.4, -0.2) is 17.6 Å². The van der Waals surface area contributed by atoms with Crippen molar-refractivity contribution in [3.63, 3.8) is 0 Å². The Hall–Kier alpha value is -0.940. The summed E-state index contributed by atoms with van der Waals surface area (Å²) in [5.41, 5.74) is 3.46. The standard InChI is InChI=1S/C18H21ClN2OS/c1-11-3-4-14(10-20-11)15-9-18(8-12(2)21-15)17-13(5-6-22-18)7-16(19)23-17/h3-4,7,10,12,15,21H,5-6,8-9H2,1-2H3/t12-,15-,18-/m0/s1. The molecule has 0 radical (unpaired) electrons. The summed E-state index contributed by atoms with van der Waals surface area (Å²) in [6.07, 6.45) is 4.89. The molecule has 0 unspecified atom stereocenters. The highest BCUT2D eigenvalue weighted by molar-refractivity contribution is 7.16. The van der Waals surface area contributed by atoms with Gasteiger partial charge in [0.05, 0.1) is 10.9 Å². The first-order valence-electron chi connectivity index (χ1n) is 8.17. The molecular weight excluding hydrogens is 328 g/mol. The second-order valence-corrected chi connectivity index (χ2v) is 8.44. The quantitative estimate of drug-likeness (QED) is 0.830. The Morgan fingerprint density at radius 2 is 2.26 bits per heavy atom. The summed E-state index contributed by atoms with van der Waals surface area (Å²) in [6.45, 7) is 5.04. The minimum Gasteiger partial charge on any atom is -0.369 e. The molecule has 4 rings (SSSR count). The number of ether oxygens (including phenoxy) is 1. The lowest BCUT2D eigenvalue weighted by atomic mass is 9.78. The summed E-state index contributed by atoms with van der Waals surface area (Å²) < 4.78 is 7.26. The van der Waals surface area contributed by atoms with E-state index < -0.39 is 0 Å². The van der Waals surface area contributed by atoms with Gasteiger partial charge in [0.25, 0.3) is 0 Å². The van der Waals surface area contributed by atoms with Gasteiger partial charge >= 0.3 is 0 Å². The van der Waals surface area contributed by atoms with Crippen LogP contribution in [-0.2, 0) is 16.8 Å². The number of nitrogens with zero attached hydrogens (tertiary/aromatic N) is 1. The van der Waals surface area contributed by atoms with Crippen molar-refractivity contribution in [2.75, 3.05) is 6.61 Å². The minimum atomic E-state index is -0.203. The van der Waals surface area contributed by atoms with E-state index >= 15 is 0 Å². The Kier molecular flexibility index (Phi) is 3.96. The molecule has 4 heterocycles. The van der Waals surface area contributed by atoms with Gasteiger partial charge in [-0.1, -0.05) is 17.7 Å². The van der Waals surface area contributed by atoms with Gasteiger partial charge in [-0.25, -0.2) is 0 Å². The lowest BCUT2D eigenvalue weighted by molar-refractivity contribution is -0.0954. The molecule has 0 bridgehead atoms. The van der Waals surface area contributed by atoms with E-state index in [9.17, 15) is 0 Å². The molecule has 3 nitrogen and oxygen atoms in total. The molecule has 122 valence electrons. The third-order valence-electron chi connectivity index (χ3n) is 4.93. The van der Waals surface area contributed by atoms with Crippen molar-refractivity contribution in [2.45, 2.75) is 50.8 Å². The molecule has 23 heavy (non-hydrogen) atoms. The van der Waals surface area contributed by atoms with Crippen LogP contribution < -0.4 is 5.32 Å². The number of hydrogen-bond acceptors (Lipinski definition) is 4. The van der Waals surface area contributed by atoms with Crippen molar-refractivity contribution in [1.82, 2.24) is 10.3 Å². The number of thiophene rings is 1. The third-order valence-corrected chi connectivity index (χ3v) is 6.43. The topological polar surface area (TPSA) is 34.1 Å². The van der Waals surface area contributed by atoms with E-state index in [2.05, 4.69) is 35.4 Å². The molecule has 2 aliphatic heterocycles. The lowest BCUT2D eigenvalue weighted by Gasteiger charge is -2.46. The van der Waals surface area contributed by atoms with Crippen LogP contribution in [0.5, 0.6) is 0 Å². The number of piperidine rings is 1. The highest BCUT2D eigenvalue weighted by Gasteiger charge is 2.46. The number of aryl methyl sites for hydroxylation is 1. The SMILES string of the molecule is Cc1ccc([C@@H]2C[C@]3(C[C@H](C)N2)OCCc2cc(Cl)sc23)cn1. The highest BCUT2D eigenvalue weighted by Crippen LogP contribution is 2.49. The van der Waals surface area contributed by atoms with Gasteiger partial charge in [-0.15, -0.1) is 11.3 Å². The molecule has 3 atom stereocenters. The first-order valence-corrected chi connectivity index (χ1v) is 9.36. The number of aromatic nitrogens is 1. The Bertz CT molecular complexity index is 714. The van der Waals surface area contributed by atoms with E-state index in [1.807, 2.05) is 13.1 Å². The molecule has 5 heteroatoms. The summed E-state index contributed by atoms with van der Waals surface area (Å²) in [5, 5.41) is 3.71. The van der Waals surface area contributed by atoms with E-state index in [-0.39, 0.29) is 11.6 Å². The molecule has 0 amide bonds. The maximum atomic E-state index is 6.38. The maximum Gasteiger partial charge on any atom is 0.106 e. The molecule has 0 aliphatic carbocycles. The average molecular weight is 349 g/mol. The molecule has 0 saturated carbocycles.